The lowest BCUT2D eigenvalue weighted by Gasteiger charge is -2.22. The number of alkyl halides is 1. The van der Waals surface area contributed by atoms with Crippen LogP contribution < -0.4 is 26.3 Å². The summed E-state index contributed by atoms with van der Waals surface area (Å²) in [7, 11) is 1.45. The Labute approximate surface area is 277 Å². The number of carbonyl (C=O) groups is 2. The molecule has 2 amide bonds. The summed E-state index contributed by atoms with van der Waals surface area (Å²) in [5.41, 5.74) is 16.3. The fourth-order valence-electron chi connectivity index (χ4n) is 6.38. The van der Waals surface area contributed by atoms with Crippen LogP contribution in [0, 0.1) is 11.7 Å². The van der Waals surface area contributed by atoms with Gasteiger partial charge in [-0.3, -0.25) is 14.6 Å². The smallest absolute Gasteiger partial charge is 0.251 e. The number of nitrogens with two attached hydrogens (primary N) is 2. The van der Waals surface area contributed by atoms with Gasteiger partial charge in [0.2, 0.25) is 5.91 Å². The van der Waals surface area contributed by atoms with Gasteiger partial charge < -0.3 is 26.3 Å². The van der Waals surface area contributed by atoms with Crippen LogP contribution in [-0.2, 0) is 16.6 Å². The van der Waals surface area contributed by atoms with Gasteiger partial charge in [0, 0.05) is 59.5 Å². The molecule has 0 bridgehead atoms. The molecule has 3 aliphatic carbocycles. The van der Waals surface area contributed by atoms with Crippen molar-refractivity contribution in [1.29, 1.82) is 0 Å². The molecular formula is C37H37F2N5O4. The number of primary amides is 1. The molecule has 9 nitrogen and oxygen atoms in total. The molecule has 2 fully saturated rings. The molecule has 0 unspecified atom stereocenters. The number of nitrogen functional groups attached to an aromatic ring is 1. The lowest BCUT2D eigenvalue weighted by molar-refractivity contribution is -0.123. The Kier molecular flexibility index (Phi) is 7.80. The highest BCUT2D eigenvalue weighted by atomic mass is 19.1. The van der Waals surface area contributed by atoms with Gasteiger partial charge in [-0.05, 0) is 73.6 Å². The zero-order valence-electron chi connectivity index (χ0n) is 26.8. The van der Waals surface area contributed by atoms with Crippen molar-refractivity contribution in [3.05, 3.63) is 93.1 Å². The minimum atomic E-state index is -1.57. The van der Waals surface area contributed by atoms with E-state index in [0.29, 0.717) is 58.7 Å². The van der Waals surface area contributed by atoms with Crippen LogP contribution in [0.15, 0.2) is 53.0 Å². The number of hydrogen-bond donors (Lipinski definition) is 3. The standard InChI is InChI=1S/C37H37F2N5O4/c1-36(35(41)46)19-48-33-27(36)16-29(44-30(33)13-20-6-9-25-22(12-20)4-3-5-28(25)38)26(21-7-8-21)18-42-34(45)23-14-24(17-43-37(39)10-11-37)32(40)31(15-23)47-2/h3-6,9,13-17,21,26H,7-8,10-12,18-19,40H2,1-2H3,(H2,41,46)(H,42,45)/b20-13+,43-17+/t26-,36-/m0/s1. The molecule has 2 aromatic carbocycles. The summed E-state index contributed by atoms with van der Waals surface area (Å²) in [5, 5.41) is 3.05. The Morgan fingerprint density at radius 2 is 2.02 bits per heavy atom. The van der Waals surface area contributed by atoms with E-state index in [9.17, 15) is 18.4 Å². The SMILES string of the molecule is COc1cc(C(=O)NC[C@H](c2cc3c(c(/C=C4\C=Cc5c(F)cccc5C4)n2)OC[C@]3(C)C(N)=O)C2CC2)cc(/C=N/C2(F)CC2)c1N. The zero-order chi connectivity index (χ0) is 33.8. The lowest BCUT2D eigenvalue weighted by atomic mass is 9.82. The second-order valence-corrected chi connectivity index (χ2v) is 13.3. The molecule has 1 aliphatic heterocycles. The second kappa shape index (κ2) is 11.9. The third-order valence-corrected chi connectivity index (χ3v) is 9.79. The fraction of sp³-hybridized carbons (Fsp3) is 0.351. The third-order valence-electron chi connectivity index (χ3n) is 9.79. The summed E-state index contributed by atoms with van der Waals surface area (Å²) in [6.07, 6.45) is 10.0. The monoisotopic (exact) mass is 653 g/mol. The number of halogens is 2. The number of anilines is 1. The number of nitrogens with one attached hydrogen (secondary N) is 1. The summed E-state index contributed by atoms with van der Waals surface area (Å²) in [6.45, 7) is 2.12. The first-order valence-electron chi connectivity index (χ1n) is 16.1. The number of rotatable bonds is 10. The highest BCUT2D eigenvalue weighted by Gasteiger charge is 2.45. The number of allylic oxidation sites excluding steroid dienone is 2. The number of methoxy groups -OCH3 is 1. The molecule has 11 heteroatoms. The van der Waals surface area contributed by atoms with Crippen LogP contribution in [0.5, 0.6) is 11.5 Å². The number of aliphatic imine (C=N–C) groups is 1. The van der Waals surface area contributed by atoms with Gasteiger partial charge in [-0.2, -0.15) is 0 Å². The van der Waals surface area contributed by atoms with Gasteiger partial charge in [-0.15, -0.1) is 0 Å². The van der Waals surface area contributed by atoms with Gasteiger partial charge in [0.25, 0.3) is 5.91 Å². The average Bonchev–Trinajstić information content (AvgIpc) is 4.01. The molecule has 3 aromatic rings. The van der Waals surface area contributed by atoms with Gasteiger partial charge in [0.1, 0.15) is 35.0 Å². The average molecular weight is 654 g/mol. The molecule has 4 aliphatic rings. The van der Waals surface area contributed by atoms with Gasteiger partial charge in [-0.1, -0.05) is 24.3 Å². The lowest BCUT2D eigenvalue weighted by Crippen LogP contribution is -2.40. The van der Waals surface area contributed by atoms with Crippen LogP contribution in [0.1, 0.15) is 82.5 Å². The Bertz CT molecular complexity index is 1930. The van der Waals surface area contributed by atoms with Gasteiger partial charge >= 0.3 is 0 Å². The Balaban J connectivity index is 1.20. The zero-order valence-corrected chi connectivity index (χ0v) is 26.8. The number of fused-ring (bicyclic) bond motifs is 2. The number of pyridine rings is 1. The quantitative estimate of drug-likeness (QED) is 0.152. The molecule has 2 heterocycles. The van der Waals surface area contributed by atoms with Crippen LogP contribution >= 0.6 is 0 Å². The van der Waals surface area contributed by atoms with Crippen LogP contribution in [0.25, 0.3) is 12.2 Å². The van der Waals surface area contributed by atoms with Gasteiger partial charge in [0.15, 0.2) is 5.79 Å². The summed E-state index contributed by atoms with van der Waals surface area (Å²) in [5.74, 6) is -1.82. The predicted octanol–water partition coefficient (Wildman–Crippen LogP) is 5.40. The van der Waals surface area contributed by atoms with E-state index >= 15 is 0 Å². The second-order valence-electron chi connectivity index (χ2n) is 13.3. The molecule has 0 radical (unpaired) electrons. The predicted molar refractivity (Wildman–Crippen MR) is 179 cm³/mol. The number of hydrogen-bond acceptors (Lipinski definition) is 7. The molecule has 1 aromatic heterocycles. The molecule has 7 rings (SSSR count). The molecular weight excluding hydrogens is 616 g/mol. The normalized spacial score (nSPS) is 21.8. The number of nitrogens with zero attached hydrogens (tertiary/aromatic N) is 2. The van der Waals surface area contributed by atoms with E-state index in [0.717, 1.165) is 24.0 Å². The van der Waals surface area contributed by atoms with Crippen molar-refractivity contribution in [2.75, 3.05) is 26.0 Å². The van der Waals surface area contributed by atoms with E-state index in [2.05, 4.69) is 10.3 Å². The largest absolute Gasteiger partial charge is 0.495 e. The van der Waals surface area contributed by atoms with Crippen LogP contribution in [0.3, 0.4) is 0 Å². The molecule has 5 N–H and O–H groups in total. The van der Waals surface area contributed by atoms with E-state index < -0.39 is 17.1 Å². The van der Waals surface area contributed by atoms with E-state index in [4.69, 9.17) is 25.9 Å². The minimum absolute atomic E-state index is 0.0851. The maximum absolute atomic E-state index is 14.4. The molecule has 2 saturated carbocycles. The maximum Gasteiger partial charge on any atom is 0.251 e. The van der Waals surface area contributed by atoms with E-state index in [1.165, 1.54) is 19.4 Å². The number of aromatic nitrogens is 1. The number of ether oxygens (including phenoxy) is 2. The number of carbonyl (C=O) groups excluding carboxylic acids is 2. The Morgan fingerprint density at radius 3 is 2.73 bits per heavy atom. The van der Waals surface area contributed by atoms with E-state index in [1.807, 2.05) is 24.3 Å². The van der Waals surface area contributed by atoms with Crippen LogP contribution in [-0.4, -0.2) is 49.1 Å². The fourth-order valence-corrected chi connectivity index (χ4v) is 6.38. The molecule has 248 valence electrons. The maximum atomic E-state index is 14.4. The topological polar surface area (TPSA) is 142 Å². The summed E-state index contributed by atoms with van der Waals surface area (Å²) in [4.78, 5) is 35.3. The van der Waals surface area contributed by atoms with Crippen molar-refractivity contribution in [2.45, 2.75) is 56.2 Å². The van der Waals surface area contributed by atoms with Crippen molar-refractivity contribution in [3.8, 4) is 11.5 Å². The molecule has 2 atom stereocenters. The highest BCUT2D eigenvalue weighted by molar-refractivity contribution is 5.99. The van der Waals surface area contributed by atoms with E-state index in [-0.39, 0.29) is 48.1 Å². The van der Waals surface area contributed by atoms with Gasteiger partial charge in [-0.25, -0.2) is 13.8 Å². The van der Waals surface area contributed by atoms with Crippen LogP contribution in [0.2, 0.25) is 0 Å². The minimum Gasteiger partial charge on any atom is -0.495 e. The van der Waals surface area contributed by atoms with Crippen molar-refractivity contribution in [1.82, 2.24) is 10.3 Å². The van der Waals surface area contributed by atoms with Crippen molar-refractivity contribution in [2.24, 2.45) is 16.6 Å². The van der Waals surface area contributed by atoms with Gasteiger partial charge in [0.05, 0.1) is 12.8 Å². The number of amides is 2. The first kappa shape index (κ1) is 31.5. The first-order chi connectivity index (χ1) is 23.0. The summed E-state index contributed by atoms with van der Waals surface area (Å²) >= 11 is 0. The van der Waals surface area contributed by atoms with Crippen molar-refractivity contribution in [3.63, 3.8) is 0 Å². The molecule has 0 saturated heterocycles. The molecule has 48 heavy (non-hydrogen) atoms. The highest BCUT2D eigenvalue weighted by Crippen LogP contribution is 2.47. The number of benzene rings is 2. The molecule has 0 spiro atoms. The Morgan fingerprint density at radius 1 is 1.23 bits per heavy atom. The van der Waals surface area contributed by atoms with E-state index in [1.54, 1.807) is 31.2 Å². The Hall–Kier alpha value is -5.06. The van der Waals surface area contributed by atoms with Crippen molar-refractivity contribution >= 4 is 35.9 Å². The third kappa shape index (κ3) is 5.93. The first-order valence-corrected chi connectivity index (χ1v) is 16.1. The summed E-state index contributed by atoms with van der Waals surface area (Å²) in [6, 6.07) is 10.0. The summed E-state index contributed by atoms with van der Waals surface area (Å²) < 4.78 is 40.1. The van der Waals surface area contributed by atoms with Crippen molar-refractivity contribution < 1.29 is 27.8 Å². The van der Waals surface area contributed by atoms with Crippen LogP contribution in [0.4, 0.5) is 14.5 Å².